The van der Waals surface area contributed by atoms with Gasteiger partial charge in [0.1, 0.15) is 0 Å². The summed E-state index contributed by atoms with van der Waals surface area (Å²) in [5.74, 6) is -0.298. The maximum Gasteiger partial charge on any atom is 0.251 e. The van der Waals surface area contributed by atoms with Gasteiger partial charge in [-0.05, 0) is 43.8 Å². The zero-order valence-electron chi connectivity index (χ0n) is 14.3. The summed E-state index contributed by atoms with van der Waals surface area (Å²) in [7, 11) is 0. The van der Waals surface area contributed by atoms with Crippen molar-refractivity contribution in [1.29, 1.82) is 0 Å². The molecule has 1 aromatic rings. The van der Waals surface area contributed by atoms with Crippen molar-refractivity contribution < 1.29 is 9.59 Å². The Labute approximate surface area is 143 Å². The van der Waals surface area contributed by atoms with Crippen LogP contribution >= 0.6 is 12.2 Å². The maximum absolute atomic E-state index is 12.1. The molecule has 126 valence electrons. The molecular formula is C17H25N3O2S. The van der Waals surface area contributed by atoms with E-state index in [1.165, 1.54) is 0 Å². The van der Waals surface area contributed by atoms with Gasteiger partial charge >= 0.3 is 0 Å². The molecule has 1 atom stereocenters. The zero-order chi connectivity index (χ0) is 17.6. The fraction of sp³-hybridized carbons (Fsp3) is 0.471. The molecule has 1 aromatic carbocycles. The second kappa shape index (κ2) is 8.06. The van der Waals surface area contributed by atoms with Gasteiger partial charge in [-0.25, -0.2) is 0 Å². The Kier molecular flexibility index (Phi) is 6.69. The molecule has 23 heavy (non-hydrogen) atoms. The lowest BCUT2D eigenvalue weighted by molar-refractivity contribution is -0.126. The van der Waals surface area contributed by atoms with Gasteiger partial charge < -0.3 is 16.0 Å². The lowest BCUT2D eigenvalue weighted by atomic mass is 9.96. The highest BCUT2D eigenvalue weighted by atomic mass is 32.1. The minimum Gasteiger partial charge on any atom is -0.350 e. The Morgan fingerprint density at radius 1 is 1.26 bits per heavy atom. The third-order valence-corrected chi connectivity index (χ3v) is 3.48. The summed E-state index contributed by atoms with van der Waals surface area (Å²) >= 11 is 5.14. The standard InChI is InChI=1S/C17H25N3O2S/c1-6-11(2)18-14(21)12-8-7-9-13(10-12)19-16(23)20-15(22)17(3,4)5/h7-11H,6H2,1-5H3,(H,18,21)(H2,19,20,22,23). The SMILES string of the molecule is CCC(C)NC(=O)c1cccc(NC(=S)NC(=O)C(C)(C)C)c1. The van der Waals surface area contributed by atoms with Crippen molar-refractivity contribution in [2.45, 2.75) is 47.1 Å². The third kappa shape index (κ3) is 6.36. The number of amides is 2. The molecule has 0 saturated heterocycles. The van der Waals surface area contributed by atoms with Crippen LogP contribution in [0.5, 0.6) is 0 Å². The van der Waals surface area contributed by atoms with Crippen LogP contribution in [0.2, 0.25) is 0 Å². The molecule has 2 amide bonds. The Bertz CT molecular complexity index is 594. The van der Waals surface area contributed by atoms with Crippen LogP contribution in [0.25, 0.3) is 0 Å². The molecule has 0 radical (unpaired) electrons. The minimum atomic E-state index is -0.524. The average Bonchev–Trinajstić information content (AvgIpc) is 2.46. The predicted octanol–water partition coefficient (Wildman–Crippen LogP) is 3.07. The van der Waals surface area contributed by atoms with E-state index >= 15 is 0 Å². The number of carbonyl (C=O) groups is 2. The first-order valence-electron chi connectivity index (χ1n) is 7.67. The van der Waals surface area contributed by atoms with Crippen molar-refractivity contribution in [3.8, 4) is 0 Å². The van der Waals surface area contributed by atoms with Crippen LogP contribution in [0.4, 0.5) is 5.69 Å². The van der Waals surface area contributed by atoms with Crippen LogP contribution < -0.4 is 16.0 Å². The van der Waals surface area contributed by atoms with E-state index in [0.717, 1.165) is 6.42 Å². The Hall–Kier alpha value is -1.95. The molecule has 0 saturated carbocycles. The molecule has 0 aliphatic carbocycles. The van der Waals surface area contributed by atoms with Crippen LogP contribution in [0.3, 0.4) is 0 Å². The minimum absolute atomic E-state index is 0.117. The van der Waals surface area contributed by atoms with Gasteiger partial charge in [0.25, 0.3) is 5.91 Å². The van der Waals surface area contributed by atoms with Gasteiger partial charge in [0, 0.05) is 22.7 Å². The smallest absolute Gasteiger partial charge is 0.251 e. The van der Waals surface area contributed by atoms with E-state index in [2.05, 4.69) is 16.0 Å². The lowest BCUT2D eigenvalue weighted by Crippen LogP contribution is -2.41. The zero-order valence-corrected chi connectivity index (χ0v) is 15.1. The number of rotatable bonds is 4. The summed E-state index contributed by atoms with van der Waals surface area (Å²) in [6.45, 7) is 9.40. The monoisotopic (exact) mass is 335 g/mol. The average molecular weight is 335 g/mol. The van der Waals surface area contributed by atoms with Crippen LogP contribution in [-0.4, -0.2) is 23.0 Å². The molecule has 3 N–H and O–H groups in total. The highest BCUT2D eigenvalue weighted by Crippen LogP contribution is 2.14. The second-order valence-electron chi connectivity index (χ2n) is 6.52. The summed E-state index contributed by atoms with van der Waals surface area (Å²) < 4.78 is 0. The molecule has 0 fully saturated rings. The molecule has 1 unspecified atom stereocenters. The number of hydrogen-bond acceptors (Lipinski definition) is 3. The summed E-state index contributed by atoms with van der Waals surface area (Å²) in [6.07, 6.45) is 0.868. The number of hydrogen-bond donors (Lipinski definition) is 3. The first kappa shape index (κ1) is 19.1. The van der Waals surface area contributed by atoms with Gasteiger partial charge in [-0.15, -0.1) is 0 Å². The largest absolute Gasteiger partial charge is 0.350 e. The molecule has 5 nitrogen and oxygen atoms in total. The van der Waals surface area contributed by atoms with Crippen molar-refractivity contribution in [3.63, 3.8) is 0 Å². The van der Waals surface area contributed by atoms with Gasteiger partial charge in [-0.1, -0.05) is 33.8 Å². The number of anilines is 1. The van der Waals surface area contributed by atoms with Crippen LogP contribution in [0, 0.1) is 5.41 Å². The van der Waals surface area contributed by atoms with Crippen LogP contribution in [-0.2, 0) is 4.79 Å². The Morgan fingerprint density at radius 2 is 1.91 bits per heavy atom. The highest BCUT2D eigenvalue weighted by molar-refractivity contribution is 7.80. The van der Waals surface area contributed by atoms with Crippen molar-refractivity contribution in [2.24, 2.45) is 5.41 Å². The molecule has 0 aliphatic heterocycles. The maximum atomic E-state index is 12.1. The first-order chi connectivity index (χ1) is 10.6. The van der Waals surface area contributed by atoms with E-state index < -0.39 is 5.41 Å². The van der Waals surface area contributed by atoms with E-state index in [9.17, 15) is 9.59 Å². The third-order valence-electron chi connectivity index (χ3n) is 3.28. The molecule has 0 bridgehead atoms. The van der Waals surface area contributed by atoms with E-state index in [0.29, 0.717) is 11.3 Å². The van der Waals surface area contributed by atoms with Crippen molar-refractivity contribution >= 4 is 34.8 Å². The number of benzene rings is 1. The van der Waals surface area contributed by atoms with Gasteiger partial charge in [0.2, 0.25) is 5.91 Å². The van der Waals surface area contributed by atoms with Gasteiger partial charge in [-0.3, -0.25) is 9.59 Å². The number of carbonyl (C=O) groups excluding carboxylic acids is 2. The molecular weight excluding hydrogens is 310 g/mol. The first-order valence-corrected chi connectivity index (χ1v) is 8.07. The molecule has 1 rings (SSSR count). The Morgan fingerprint density at radius 3 is 2.48 bits per heavy atom. The normalized spacial score (nSPS) is 12.2. The summed E-state index contributed by atoms with van der Waals surface area (Å²) in [6, 6.07) is 7.11. The molecule has 0 heterocycles. The summed E-state index contributed by atoms with van der Waals surface area (Å²) in [5.41, 5.74) is 0.672. The molecule has 0 aromatic heterocycles. The van der Waals surface area contributed by atoms with Crippen molar-refractivity contribution in [3.05, 3.63) is 29.8 Å². The Balaban J connectivity index is 2.72. The molecule has 0 spiro atoms. The number of nitrogens with one attached hydrogen (secondary N) is 3. The fourth-order valence-electron chi connectivity index (χ4n) is 1.60. The highest BCUT2D eigenvalue weighted by Gasteiger charge is 2.22. The quantitative estimate of drug-likeness (QED) is 0.740. The van der Waals surface area contributed by atoms with Gasteiger partial charge in [-0.2, -0.15) is 0 Å². The number of thiocarbonyl (C=S) groups is 1. The van der Waals surface area contributed by atoms with E-state index in [-0.39, 0.29) is 23.0 Å². The topological polar surface area (TPSA) is 70.2 Å². The lowest BCUT2D eigenvalue weighted by Gasteiger charge is -2.18. The second-order valence-corrected chi connectivity index (χ2v) is 6.93. The van der Waals surface area contributed by atoms with Crippen LogP contribution in [0.1, 0.15) is 51.4 Å². The van der Waals surface area contributed by atoms with E-state index in [1.54, 1.807) is 24.3 Å². The molecule has 0 aliphatic rings. The fourth-order valence-corrected chi connectivity index (χ4v) is 1.81. The summed E-state index contributed by atoms with van der Waals surface area (Å²) in [5, 5.41) is 8.69. The molecule has 6 heteroatoms. The van der Waals surface area contributed by atoms with Gasteiger partial charge in [0.15, 0.2) is 5.11 Å². The van der Waals surface area contributed by atoms with Crippen LogP contribution in [0.15, 0.2) is 24.3 Å². The predicted molar refractivity (Wildman–Crippen MR) is 97.5 cm³/mol. The van der Waals surface area contributed by atoms with Gasteiger partial charge in [0.05, 0.1) is 0 Å². The van der Waals surface area contributed by atoms with E-state index in [4.69, 9.17) is 12.2 Å². The summed E-state index contributed by atoms with van der Waals surface area (Å²) in [4.78, 5) is 24.0. The van der Waals surface area contributed by atoms with Crippen molar-refractivity contribution in [1.82, 2.24) is 10.6 Å². The van der Waals surface area contributed by atoms with E-state index in [1.807, 2.05) is 34.6 Å². The van der Waals surface area contributed by atoms with Crippen molar-refractivity contribution in [2.75, 3.05) is 5.32 Å².